The van der Waals surface area contributed by atoms with Crippen LogP contribution in [0.25, 0.3) is 0 Å². The van der Waals surface area contributed by atoms with Gasteiger partial charge in [0.05, 0.1) is 28.5 Å². The Morgan fingerprint density at radius 3 is 2.23 bits per heavy atom. The van der Waals surface area contributed by atoms with Gasteiger partial charge in [-0.15, -0.1) is 0 Å². The Morgan fingerprint density at radius 2 is 1.73 bits per heavy atom. The second-order valence-corrected chi connectivity index (χ2v) is 6.95. The minimum atomic E-state index is -4.08. The summed E-state index contributed by atoms with van der Waals surface area (Å²) >= 11 is 0. The number of ether oxygens (including phenoxy) is 1. The molecule has 0 saturated heterocycles. The van der Waals surface area contributed by atoms with Gasteiger partial charge in [0.15, 0.2) is 0 Å². The maximum absolute atomic E-state index is 12.6. The lowest BCUT2D eigenvalue weighted by molar-refractivity contribution is -0.384. The highest BCUT2D eigenvalue weighted by molar-refractivity contribution is 7.89. The first-order valence-electron chi connectivity index (χ1n) is 7.35. The van der Waals surface area contributed by atoms with Gasteiger partial charge >= 0.3 is 5.97 Å². The molecule has 136 valence electrons. The molecule has 0 heterocycles. The third-order valence-electron chi connectivity index (χ3n) is 3.56. The summed E-state index contributed by atoms with van der Waals surface area (Å²) in [6.45, 7) is 3.63. The van der Waals surface area contributed by atoms with Gasteiger partial charge in [0.1, 0.15) is 0 Å². The lowest BCUT2D eigenvalue weighted by Gasteiger charge is -2.20. The molecule has 0 aliphatic carbocycles. The zero-order valence-electron chi connectivity index (χ0n) is 13.8. The number of nitrogens with one attached hydrogen (secondary N) is 1. The van der Waals surface area contributed by atoms with Gasteiger partial charge in [-0.3, -0.25) is 10.1 Å². The number of nitrogens with zero attached hydrogens (tertiary/aromatic N) is 1. The molecule has 0 saturated carbocycles. The van der Waals surface area contributed by atoms with Crippen molar-refractivity contribution in [3.05, 3.63) is 82.4 Å². The first kappa shape index (κ1) is 19.3. The highest BCUT2D eigenvalue weighted by Gasteiger charge is 2.27. The summed E-state index contributed by atoms with van der Waals surface area (Å²) < 4.78 is 32.3. The summed E-state index contributed by atoms with van der Waals surface area (Å²) in [6, 6.07) is 11.7. The van der Waals surface area contributed by atoms with Crippen LogP contribution in [0.2, 0.25) is 0 Å². The van der Waals surface area contributed by atoms with Crippen molar-refractivity contribution >= 4 is 21.7 Å². The molecular formula is C17H16N2O6S. The highest BCUT2D eigenvalue weighted by atomic mass is 32.2. The normalized spacial score (nSPS) is 12.2. The molecule has 1 unspecified atom stereocenters. The van der Waals surface area contributed by atoms with E-state index in [1.165, 1.54) is 7.11 Å². The van der Waals surface area contributed by atoms with Crippen LogP contribution >= 0.6 is 0 Å². The number of sulfonamides is 1. The molecule has 0 aliphatic heterocycles. The number of nitro benzene ring substituents is 1. The molecule has 0 aromatic heterocycles. The Morgan fingerprint density at radius 1 is 1.15 bits per heavy atom. The number of non-ortho nitro benzene ring substituents is 1. The summed E-state index contributed by atoms with van der Waals surface area (Å²) in [4.78, 5) is 21.7. The average Bonchev–Trinajstić information content (AvgIpc) is 2.65. The van der Waals surface area contributed by atoms with Crippen molar-refractivity contribution in [2.24, 2.45) is 0 Å². The van der Waals surface area contributed by atoms with Gasteiger partial charge in [0.2, 0.25) is 10.0 Å². The van der Waals surface area contributed by atoms with E-state index in [1.807, 2.05) is 0 Å². The van der Waals surface area contributed by atoms with E-state index in [0.717, 1.165) is 24.3 Å². The Balaban J connectivity index is 2.38. The van der Waals surface area contributed by atoms with Crippen molar-refractivity contribution in [1.82, 2.24) is 4.72 Å². The third kappa shape index (κ3) is 4.32. The predicted octanol–water partition coefficient (Wildman–Crippen LogP) is 2.34. The van der Waals surface area contributed by atoms with E-state index in [1.54, 1.807) is 30.3 Å². The van der Waals surface area contributed by atoms with Crippen LogP contribution in [0.5, 0.6) is 0 Å². The first-order chi connectivity index (χ1) is 12.3. The fourth-order valence-corrected chi connectivity index (χ4v) is 3.42. The number of esters is 1. The van der Waals surface area contributed by atoms with Gasteiger partial charge in [-0.2, -0.15) is 4.72 Å². The van der Waals surface area contributed by atoms with E-state index in [2.05, 4.69) is 16.0 Å². The molecule has 0 bridgehead atoms. The van der Waals surface area contributed by atoms with Crippen molar-refractivity contribution in [2.75, 3.05) is 7.11 Å². The van der Waals surface area contributed by atoms with Crippen LogP contribution < -0.4 is 4.72 Å². The van der Waals surface area contributed by atoms with Crippen molar-refractivity contribution in [3.8, 4) is 0 Å². The zero-order chi connectivity index (χ0) is 19.3. The maximum Gasteiger partial charge on any atom is 0.335 e. The maximum atomic E-state index is 12.6. The number of carbonyl (C=O) groups is 1. The molecule has 0 aliphatic rings. The fourth-order valence-electron chi connectivity index (χ4n) is 2.20. The molecule has 0 fully saturated rings. The second kappa shape index (κ2) is 7.89. The average molecular weight is 376 g/mol. The fraction of sp³-hybridized carbons (Fsp3) is 0.118. The molecule has 0 radical (unpaired) electrons. The van der Waals surface area contributed by atoms with Crippen molar-refractivity contribution in [3.63, 3.8) is 0 Å². The molecule has 0 amide bonds. The third-order valence-corrected chi connectivity index (χ3v) is 5.00. The molecule has 2 aromatic rings. The van der Waals surface area contributed by atoms with Crippen molar-refractivity contribution in [2.45, 2.75) is 10.9 Å². The van der Waals surface area contributed by atoms with Crippen LogP contribution in [0.15, 0.2) is 71.6 Å². The largest absolute Gasteiger partial charge is 0.466 e. The number of benzene rings is 2. The van der Waals surface area contributed by atoms with E-state index in [0.29, 0.717) is 5.56 Å². The van der Waals surface area contributed by atoms with Crippen molar-refractivity contribution in [1.29, 1.82) is 0 Å². The number of carbonyl (C=O) groups excluding carboxylic acids is 1. The SMILES string of the molecule is C=C(C(=O)OC)C(NS(=O)(=O)c1ccc([N+](=O)[O-])cc1)c1ccccc1. The minimum Gasteiger partial charge on any atom is -0.466 e. The quantitative estimate of drug-likeness (QED) is 0.343. The van der Waals surface area contributed by atoms with Crippen LogP contribution in [0, 0.1) is 10.1 Å². The topological polar surface area (TPSA) is 116 Å². The van der Waals surface area contributed by atoms with Crippen LogP contribution in [0.3, 0.4) is 0 Å². The van der Waals surface area contributed by atoms with Crippen molar-refractivity contribution < 1.29 is 22.9 Å². The Labute approximate surface area is 150 Å². The Bertz CT molecular complexity index is 923. The molecular weight excluding hydrogens is 360 g/mol. The Hall–Kier alpha value is -3.04. The smallest absolute Gasteiger partial charge is 0.335 e. The van der Waals surface area contributed by atoms with Gasteiger partial charge in [0, 0.05) is 12.1 Å². The summed E-state index contributed by atoms with van der Waals surface area (Å²) in [7, 11) is -2.91. The molecule has 0 spiro atoms. The summed E-state index contributed by atoms with van der Waals surface area (Å²) in [6.07, 6.45) is 0. The minimum absolute atomic E-state index is 0.0933. The number of hydrogen-bond acceptors (Lipinski definition) is 6. The number of rotatable bonds is 7. The summed E-state index contributed by atoms with van der Waals surface area (Å²) in [5.41, 5.74) is 0.167. The van der Waals surface area contributed by atoms with Gasteiger partial charge in [-0.05, 0) is 17.7 Å². The van der Waals surface area contributed by atoms with Gasteiger partial charge in [0.25, 0.3) is 5.69 Å². The number of hydrogen-bond donors (Lipinski definition) is 1. The molecule has 26 heavy (non-hydrogen) atoms. The van der Waals surface area contributed by atoms with E-state index >= 15 is 0 Å². The first-order valence-corrected chi connectivity index (χ1v) is 8.83. The van der Waals surface area contributed by atoms with E-state index < -0.39 is 27.0 Å². The van der Waals surface area contributed by atoms with E-state index in [9.17, 15) is 23.3 Å². The number of methoxy groups -OCH3 is 1. The highest BCUT2D eigenvalue weighted by Crippen LogP contribution is 2.25. The van der Waals surface area contributed by atoms with Crippen LogP contribution in [0.1, 0.15) is 11.6 Å². The van der Waals surface area contributed by atoms with Gasteiger partial charge < -0.3 is 4.74 Å². The predicted molar refractivity (Wildman–Crippen MR) is 93.8 cm³/mol. The standard InChI is InChI=1S/C17H16N2O6S/c1-12(17(20)25-2)16(13-6-4-3-5-7-13)18-26(23,24)15-10-8-14(9-11-15)19(21)22/h3-11,16,18H,1H2,2H3. The molecule has 1 atom stereocenters. The van der Waals surface area contributed by atoms with Gasteiger partial charge in [-0.1, -0.05) is 36.9 Å². The molecule has 8 nitrogen and oxygen atoms in total. The van der Waals surface area contributed by atoms with E-state index in [-0.39, 0.29) is 16.2 Å². The molecule has 9 heteroatoms. The summed E-state index contributed by atoms with van der Waals surface area (Å²) in [5.74, 6) is -0.759. The summed E-state index contributed by atoms with van der Waals surface area (Å²) in [5, 5.41) is 10.7. The molecule has 2 rings (SSSR count). The Kier molecular flexibility index (Phi) is 5.86. The van der Waals surface area contributed by atoms with Crippen LogP contribution in [0.4, 0.5) is 5.69 Å². The van der Waals surface area contributed by atoms with Gasteiger partial charge in [-0.25, -0.2) is 13.2 Å². The molecule has 2 aromatic carbocycles. The monoisotopic (exact) mass is 376 g/mol. The van der Waals surface area contributed by atoms with E-state index in [4.69, 9.17) is 0 Å². The van der Waals surface area contributed by atoms with Crippen LogP contribution in [-0.2, 0) is 19.6 Å². The zero-order valence-corrected chi connectivity index (χ0v) is 14.6. The lowest BCUT2D eigenvalue weighted by Crippen LogP contribution is -2.32. The number of nitro groups is 1. The lowest BCUT2D eigenvalue weighted by atomic mass is 10.0. The van der Waals surface area contributed by atoms with Crippen LogP contribution in [-0.4, -0.2) is 26.4 Å². The second-order valence-electron chi connectivity index (χ2n) is 5.23. The molecule has 1 N–H and O–H groups in total.